The zero-order chi connectivity index (χ0) is 14.8. The highest BCUT2D eigenvalue weighted by Gasteiger charge is 2.23. The van der Waals surface area contributed by atoms with Crippen LogP contribution in [0.25, 0.3) is 0 Å². The number of ether oxygens (including phenoxy) is 2. The quantitative estimate of drug-likeness (QED) is 0.788. The maximum absolute atomic E-state index is 13.9. The fourth-order valence-corrected chi connectivity index (χ4v) is 2.03. The maximum Gasteiger partial charge on any atom is 0.195 e. The lowest BCUT2D eigenvalue weighted by atomic mass is 10.0. The number of benzene rings is 2. The first kappa shape index (κ1) is 13.6. The van der Waals surface area contributed by atoms with Gasteiger partial charge in [0.1, 0.15) is 17.3 Å². The Labute approximate surface area is 122 Å². The molecular weight excluding hydrogens is 271 g/mol. The second kappa shape index (κ2) is 5.56. The number of ketones is 1. The Morgan fingerprint density at radius 1 is 1.10 bits per heavy atom. The van der Waals surface area contributed by atoms with Gasteiger partial charge in [-0.3, -0.25) is 4.79 Å². The van der Waals surface area contributed by atoms with Crippen molar-refractivity contribution in [2.45, 2.75) is 18.9 Å². The van der Waals surface area contributed by atoms with E-state index in [1.165, 1.54) is 19.2 Å². The van der Waals surface area contributed by atoms with E-state index in [4.69, 9.17) is 9.47 Å². The van der Waals surface area contributed by atoms with Crippen molar-refractivity contribution < 1.29 is 18.7 Å². The molecule has 1 fully saturated rings. The summed E-state index contributed by atoms with van der Waals surface area (Å²) in [5.74, 6) is 0.187. The van der Waals surface area contributed by atoms with E-state index < -0.39 is 5.82 Å². The van der Waals surface area contributed by atoms with Crippen LogP contribution in [0.4, 0.5) is 4.39 Å². The van der Waals surface area contributed by atoms with E-state index in [-0.39, 0.29) is 11.3 Å². The highest BCUT2D eigenvalue weighted by molar-refractivity contribution is 6.09. The average Bonchev–Trinajstić information content (AvgIpc) is 3.31. The largest absolute Gasteiger partial charge is 0.497 e. The molecule has 0 spiro atoms. The highest BCUT2D eigenvalue weighted by atomic mass is 19.1. The molecule has 21 heavy (non-hydrogen) atoms. The van der Waals surface area contributed by atoms with Gasteiger partial charge in [0.25, 0.3) is 0 Å². The van der Waals surface area contributed by atoms with Gasteiger partial charge in [-0.2, -0.15) is 0 Å². The van der Waals surface area contributed by atoms with E-state index in [9.17, 15) is 9.18 Å². The fraction of sp³-hybridized carbons (Fsp3) is 0.235. The monoisotopic (exact) mass is 286 g/mol. The first-order chi connectivity index (χ1) is 10.2. The van der Waals surface area contributed by atoms with Crippen LogP contribution in [-0.2, 0) is 0 Å². The van der Waals surface area contributed by atoms with Gasteiger partial charge in [0.15, 0.2) is 5.78 Å². The number of carbonyl (C=O) groups excluding carboxylic acids is 1. The summed E-state index contributed by atoms with van der Waals surface area (Å²) in [6.45, 7) is 0. The van der Waals surface area contributed by atoms with Crippen LogP contribution in [0, 0.1) is 5.82 Å². The second-order valence-electron chi connectivity index (χ2n) is 5.02. The van der Waals surface area contributed by atoms with E-state index in [1.807, 2.05) is 0 Å². The summed E-state index contributed by atoms with van der Waals surface area (Å²) in [5.41, 5.74) is 0.467. The molecule has 0 N–H and O–H groups in total. The van der Waals surface area contributed by atoms with E-state index in [2.05, 4.69) is 0 Å². The molecule has 0 aromatic heterocycles. The molecule has 3 nitrogen and oxygen atoms in total. The van der Waals surface area contributed by atoms with Crippen molar-refractivity contribution in [2.75, 3.05) is 7.11 Å². The van der Waals surface area contributed by atoms with E-state index in [0.717, 1.165) is 18.6 Å². The fourth-order valence-electron chi connectivity index (χ4n) is 2.03. The predicted octanol–water partition coefficient (Wildman–Crippen LogP) is 3.61. The Morgan fingerprint density at radius 2 is 1.76 bits per heavy atom. The Kier molecular flexibility index (Phi) is 3.60. The van der Waals surface area contributed by atoms with Crippen molar-refractivity contribution in [3.05, 3.63) is 59.4 Å². The third kappa shape index (κ3) is 3.05. The van der Waals surface area contributed by atoms with Crippen molar-refractivity contribution in [3.8, 4) is 11.5 Å². The molecule has 4 heteroatoms. The summed E-state index contributed by atoms with van der Waals surface area (Å²) in [6, 6.07) is 11.0. The Morgan fingerprint density at radius 3 is 2.33 bits per heavy atom. The lowest BCUT2D eigenvalue weighted by molar-refractivity contribution is 0.103. The van der Waals surface area contributed by atoms with Crippen molar-refractivity contribution in [3.63, 3.8) is 0 Å². The molecule has 0 amide bonds. The number of hydrogen-bond acceptors (Lipinski definition) is 3. The van der Waals surface area contributed by atoms with Crippen LogP contribution in [0.15, 0.2) is 42.5 Å². The number of halogens is 1. The molecule has 0 saturated heterocycles. The maximum atomic E-state index is 13.9. The van der Waals surface area contributed by atoms with Gasteiger partial charge in [0.05, 0.1) is 18.8 Å². The van der Waals surface area contributed by atoms with Gasteiger partial charge in [0, 0.05) is 11.6 Å². The third-order valence-corrected chi connectivity index (χ3v) is 3.36. The van der Waals surface area contributed by atoms with Gasteiger partial charge in [-0.05, 0) is 49.2 Å². The topological polar surface area (TPSA) is 35.5 Å². The molecule has 108 valence electrons. The molecule has 1 saturated carbocycles. The molecular formula is C17H15FO3. The number of methoxy groups -OCH3 is 1. The van der Waals surface area contributed by atoms with Crippen LogP contribution in [0.3, 0.4) is 0 Å². The third-order valence-electron chi connectivity index (χ3n) is 3.36. The molecule has 0 radical (unpaired) electrons. The van der Waals surface area contributed by atoms with E-state index >= 15 is 0 Å². The lowest BCUT2D eigenvalue weighted by Crippen LogP contribution is -2.05. The molecule has 2 aromatic carbocycles. The van der Waals surface area contributed by atoms with Crippen LogP contribution in [0.5, 0.6) is 11.5 Å². The van der Waals surface area contributed by atoms with Crippen LogP contribution in [0.2, 0.25) is 0 Å². The van der Waals surface area contributed by atoms with Gasteiger partial charge in [0.2, 0.25) is 0 Å². The minimum Gasteiger partial charge on any atom is -0.497 e. The zero-order valence-electron chi connectivity index (χ0n) is 11.6. The molecule has 0 unspecified atom stereocenters. The average molecular weight is 286 g/mol. The minimum absolute atomic E-state index is 0.0339. The molecule has 3 rings (SSSR count). The van der Waals surface area contributed by atoms with Crippen LogP contribution < -0.4 is 9.47 Å². The Balaban J connectivity index is 1.80. The molecule has 0 bridgehead atoms. The van der Waals surface area contributed by atoms with Gasteiger partial charge in [-0.1, -0.05) is 0 Å². The molecule has 0 atom stereocenters. The number of hydrogen-bond donors (Lipinski definition) is 0. The van der Waals surface area contributed by atoms with Gasteiger partial charge < -0.3 is 9.47 Å². The summed E-state index contributed by atoms with van der Waals surface area (Å²) in [7, 11) is 1.45. The van der Waals surface area contributed by atoms with Crippen molar-refractivity contribution in [1.82, 2.24) is 0 Å². The van der Waals surface area contributed by atoms with E-state index in [0.29, 0.717) is 17.4 Å². The van der Waals surface area contributed by atoms with E-state index in [1.54, 1.807) is 30.3 Å². The zero-order valence-corrected chi connectivity index (χ0v) is 11.6. The van der Waals surface area contributed by atoms with Gasteiger partial charge in [-0.15, -0.1) is 0 Å². The van der Waals surface area contributed by atoms with Crippen molar-refractivity contribution in [2.24, 2.45) is 0 Å². The van der Waals surface area contributed by atoms with Crippen LogP contribution in [0.1, 0.15) is 28.8 Å². The normalized spacial score (nSPS) is 13.8. The van der Waals surface area contributed by atoms with Crippen molar-refractivity contribution >= 4 is 5.78 Å². The number of rotatable bonds is 5. The van der Waals surface area contributed by atoms with Gasteiger partial charge in [-0.25, -0.2) is 4.39 Å². The summed E-state index contributed by atoms with van der Waals surface area (Å²) in [4.78, 5) is 12.3. The molecule has 1 aliphatic carbocycles. The molecule has 0 aliphatic heterocycles. The Bertz CT molecular complexity index is 660. The van der Waals surface area contributed by atoms with Crippen LogP contribution >= 0.6 is 0 Å². The van der Waals surface area contributed by atoms with Crippen LogP contribution in [-0.4, -0.2) is 19.0 Å². The molecule has 0 heterocycles. The molecule has 1 aliphatic rings. The summed E-state index contributed by atoms with van der Waals surface area (Å²) in [5, 5.41) is 0. The van der Waals surface area contributed by atoms with Gasteiger partial charge >= 0.3 is 0 Å². The van der Waals surface area contributed by atoms with Crippen molar-refractivity contribution in [1.29, 1.82) is 0 Å². The summed E-state index contributed by atoms with van der Waals surface area (Å²) >= 11 is 0. The second-order valence-corrected chi connectivity index (χ2v) is 5.02. The summed E-state index contributed by atoms with van der Waals surface area (Å²) < 4.78 is 24.5. The lowest BCUT2D eigenvalue weighted by Gasteiger charge is -2.07. The number of carbonyl (C=O) groups is 1. The predicted molar refractivity (Wildman–Crippen MR) is 76.5 cm³/mol. The SMILES string of the molecule is COc1ccc(C(=O)c2ccc(OC3CC3)cc2)c(F)c1. The first-order valence-corrected chi connectivity index (χ1v) is 6.82. The smallest absolute Gasteiger partial charge is 0.195 e. The Hall–Kier alpha value is -2.36. The first-order valence-electron chi connectivity index (χ1n) is 6.82. The molecule has 2 aromatic rings. The highest BCUT2D eigenvalue weighted by Crippen LogP contribution is 2.27. The summed E-state index contributed by atoms with van der Waals surface area (Å²) in [6.07, 6.45) is 2.47. The standard InChI is InChI=1S/C17H15FO3/c1-20-14-8-9-15(16(18)10-14)17(19)11-2-4-12(5-3-11)21-13-6-7-13/h2-5,8-10,13H,6-7H2,1H3. The minimum atomic E-state index is -0.586.